The zero-order chi connectivity index (χ0) is 13.5. The summed E-state index contributed by atoms with van der Waals surface area (Å²) in [6.45, 7) is 3.75. The molecule has 5 heteroatoms. The molecule has 0 aliphatic rings. The number of carboxylic acid groups (broad SMARTS) is 1. The molecule has 1 amide bonds. The summed E-state index contributed by atoms with van der Waals surface area (Å²) < 4.78 is 0. The third-order valence-electron chi connectivity index (χ3n) is 2.66. The number of amides is 1. The van der Waals surface area contributed by atoms with Crippen molar-refractivity contribution >= 4 is 11.9 Å². The van der Waals surface area contributed by atoms with Crippen LogP contribution in [-0.4, -0.2) is 28.0 Å². The molecular formula is C13H18N2O3. The number of hydrogen-bond donors (Lipinski definition) is 2. The Hall–Kier alpha value is -1.91. The molecule has 98 valence electrons. The lowest BCUT2D eigenvalue weighted by Gasteiger charge is -2.13. The van der Waals surface area contributed by atoms with E-state index in [4.69, 9.17) is 5.11 Å². The van der Waals surface area contributed by atoms with Crippen LogP contribution in [0.25, 0.3) is 0 Å². The van der Waals surface area contributed by atoms with Crippen molar-refractivity contribution in [3.63, 3.8) is 0 Å². The van der Waals surface area contributed by atoms with Crippen LogP contribution in [0.2, 0.25) is 0 Å². The van der Waals surface area contributed by atoms with Crippen molar-refractivity contribution < 1.29 is 14.7 Å². The van der Waals surface area contributed by atoms with Gasteiger partial charge in [0.2, 0.25) is 5.91 Å². The number of rotatable bonds is 6. The van der Waals surface area contributed by atoms with E-state index in [2.05, 4.69) is 10.3 Å². The molecule has 0 saturated carbocycles. The van der Waals surface area contributed by atoms with Crippen molar-refractivity contribution in [3.8, 4) is 0 Å². The van der Waals surface area contributed by atoms with E-state index >= 15 is 0 Å². The van der Waals surface area contributed by atoms with Gasteiger partial charge >= 0.3 is 5.97 Å². The summed E-state index contributed by atoms with van der Waals surface area (Å²) in [5.41, 5.74) is 1.60. The standard InChI is InChI=1S/C13H18N2O3/c1-3-5-10(13(17)18)15-12(16)8-11-9(2)6-4-7-14-11/h4,6-7,10H,3,5,8H2,1-2H3,(H,15,16)(H,17,18)/t10-/m1/s1. The van der Waals surface area contributed by atoms with Gasteiger partial charge in [-0.2, -0.15) is 0 Å². The van der Waals surface area contributed by atoms with Gasteiger partial charge in [-0.1, -0.05) is 19.4 Å². The Balaban J connectivity index is 2.61. The largest absolute Gasteiger partial charge is 0.480 e. The molecule has 0 unspecified atom stereocenters. The van der Waals surface area contributed by atoms with E-state index in [0.29, 0.717) is 18.5 Å². The molecule has 0 aromatic carbocycles. The molecule has 1 heterocycles. The average Bonchev–Trinajstić information content (AvgIpc) is 2.31. The molecule has 2 N–H and O–H groups in total. The van der Waals surface area contributed by atoms with E-state index in [0.717, 1.165) is 5.56 Å². The van der Waals surface area contributed by atoms with Crippen molar-refractivity contribution in [1.29, 1.82) is 0 Å². The smallest absolute Gasteiger partial charge is 0.326 e. The predicted molar refractivity (Wildman–Crippen MR) is 67.2 cm³/mol. The highest BCUT2D eigenvalue weighted by atomic mass is 16.4. The van der Waals surface area contributed by atoms with Crippen LogP contribution in [0.15, 0.2) is 18.3 Å². The van der Waals surface area contributed by atoms with Crippen molar-refractivity contribution in [2.24, 2.45) is 0 Å². The third kappa shape index (κ3) is 4.16. The predicted octanol–water partition coefficient (Wildman–Crippen LogP) is 1.30. The lowest BCUT2D eigenvalue weighted by Crippen LogP contribution is -2.41. The first-order chi connectivity index (χ1) is 8.54. The molecule has 1 aromatic heterocycles. The first-order valence-electron chi connectivity index (χ1n) is 5.97. The first-order valence-corrected chi connectivity index (χ1v) is 5.97. The number of carbonyl (C=O) groups excluding carboxylic acids is 1. The highest BCUT2D eigenvalue weighted by molar-refractivity contribution is 5.84. The fourth-order valence-electron chi connectivity index (χ4n) is 1.65. The van der Waals surface area contributed by atoms with Gasteiger partial charge in [0.05, 0.1) is 12.1 Å². The van der Waals surface area contributed by atoms with Crippen LogP contribution >= 0.6 is 0 Å². The van der Waals surface area contributed by atoms with Crippen LogP contribution in [0, 0.1) is 6.92 Å². The molecule has 1 atom stereocenters. The first kappa shape index (κ1) is 14.2. The summed E-state index contributed by atoms with van der Waals surface area (Å²) in [4.78, 5) is 26.8. The molecule has 0 aliphatic carbocycles. The Kier molecular flexibility index (Phi) is 5.30. The van der Waals surface area contributed by atoms with Crippen LogP contribution in [0.3, 0.4) is 0 Å². The number of carboxylic acids is 1. The van der Waals surface area contributed by atoms with Gasteiger partial charge in [-0.15, -0.1) is 0 Å². The van der Waals surface area contributed by atoms with E-state index in [1.165, 1.54) is 0 Å². The van der Waals surface area contributed by atoms with Crippen LogP contribution in [-0.2, 0) is 16.0 Å². The maximum absolute atomic E-state index is 11.7. The second-order valence-electron chi connectivity index (χ2n) is 4.19. The highest BCUT2D eigenvalue weighted by Gasteiger charge is 2.19. The van der Waals surface area contributed by atoms with Crippen LogP contribution in [0.5, 0.6) is 0 Å². The highest BCUT2D eigenvalue weighted by Crippen LogP contribution is 2.04. The van der Waals surface area contributed by atoms with Crippen molar-refractivity contribution in [1.82, 2.24) is 10.3 Å². The van der Waals surface area contributed by atoms with E-state index < -0.39 is 12.0 Å². The Morgan fingerprint density at radius 1 is 1.50 bits per heavy atom. The summed E-state index contributed by atoms with van der Waals surface area (Å²) >= 11 is 0. The Bertz CT molecular complexity index is 432. The summed E-state index contributed by atoms with van der Waals surface area (Å²) in [7, 11) is 0. The summed E-state index contributed by atoms with van der Waals surface area (Å²) in [5, 5.41) is 11.5. The Labute approximate surface area is 106 Å². The maximum atomic E-state index is 11.7. The fourth-order valence-corrected chi connectivity index (χ4v) is 1.65. The molecule has 1 aromatic rings. The molecule has 0 saturated heterocycles. The van der Waals surface area contributed by atoms with E-state index in [1.54, 1.807) is 12.3 Å². The van der Waals surface area contributed by atoms with Gasteiger partial charge in [0.15, 0.2) is 0 Å². The van der Waals surface area contributed by atoms with E-state index in [1.807, 2.05) is 19.9 Å². The number of aromatic nitrogens is 1. The number of aliphatic carboxylic acids is 1. The quantitative estimate of drug-likeness (QED) is 0.797. The molecule has 5 nitrogen and oxygen atoms in total. The molecule has 18 heavy (non-hydrogen) atoms. The minimum atomic E-state index is -0.997. The van der Waals surface area contributed by atoms with Crippen molar-refractivity contribution in [2.75, 3.05) is 0 Å². The van der Waals surface area contributed by atoms with E-state index in [-0.39, 0.29) is 12.3 Å². The van der Waals surface area contributed by atoms with Crippen molar-refractivity contribution in [2.45, 2.75) is 39.2 Å². The SMILES string of the molecule is CCC[C@@H](NC(=O)Cc1ncccc1C)C(=O)O. The number of carbonyl (C=O) groups is 2. The van der Waals surface area contributed by atoms with Gasteiger partial charge in [-0.25, -0.2) is 4.79 Å². The molecule has 0 spiro atoms. The maximum Gasteiger partial charge on any atom is 0.326 e. The Morgan fingerprint density at radius 2 is 2.22 bits per heavy atom. The molecular weight excluding hydrogens is 232 g/mol. The minimum Gasteiger partial charge on any atom is -0.480 e. The average molecular weight is 250 g/mol. The lowest BCUT2D eigenvalue weighted by atomic mass is 10.1. The monoisotopic (exact) mass is 250 g/mol. The number of pyridine rings is 1. The number of nitrogens with one attached hydrogen (secondary N) is 1. The summed E-state index contributed by atoms with van der Waals surface area (Å²) in [6.07, 6.45) is 2.87. The molecule has 0 fully saturated rings. The van der Waals surface area contributed by atoms with E-state index in [9.17, 15) is 9.59 Å². The summed E-state index contributed by atoms with van der Waals surface area (Å²) in [6, 6.07) is 2.86. The second kappa shape index (κ2) is 6.74. The van der Waals surface area contributed by atoms with Gasteiger partial charge in [-0.05, 0) is 25.0 Å². The molecule has 0 radical (unpaired) electrons. The summed E-state index contributed by atoms with van der Waals surface area (Å²) in [5.74, 6) is -1.31. The van der Waals surface area contributed by atoms with Crippen LogP contribution in [0.1, 0.15) is 31.0 Å². The van der Waals surface area contributed by atoms with Gasteiger partial charge in [-0.3, -0.25) is 9.78 Å². The van der Waals surface area contributed by atoms with Crippen LogP contribution < -0.4 is 5.32 Å². The number of aryl methyl sites for hydroxylation is 1. The topological polar surface area (TPSA) is 79.3 Å². The number of nitrogens with zero attached hydrogens (tertiary/aromatic N) is 1. The lowest BCUT2D eigenvalue weighted by molar-refractivity contribution is -0.141. The minimum absolute atomic E-state index is 0.111. The fraction of sp³-hybridized carbons (Fsp3) is 0.462. The zero-order valence-electron chi connectivity index (χ0n) is 10.6. The molecule has 1 rings (SSSR count). The van der Waals surface area contributed by atoms with Gasteiger partial charge < -0.3 is 10.4 Å². The molecule has 0 bridgehead atoms. The third-order valence-corrected chi connectivity index (χ3v) is 2.66. The van der Waals surface area contributed by atoms with Gasteiger partial charge in [0.1, 0.15) is 6.04 Å². The van der Waals surface area contributed by atoms with Gasteiger partial charge in [0, 0.05) is 6.20 Å². The molecule has 0 aliphatic heterocycles. The zero-order valence-corrected chi connectivity index (χ0v) is 10.6. The second-order valence-corrected chi connectivity index (χ2v) is 4.19. The number of hydrogen-bond acceptors (Lipinski definition) is 3. The van der Waals surface area contributed by atoms with Gasteiger partial charge in [0.25, 0.3) is 0 Å². The normalized spacial score (nSPS) is 11.9. The van der Waals surface area contributed by atoms with Crippen LogP contribution in [0.4, 0.5) is 0 Å². The van der Waals surface area contributed by atoms with Crippen molar-refractivity contribution in [3.05, 3.63) is 29.6 Å². The Morgan fingerprint density at radius 3 is 2.78 bits per heavy atom.